The first-order valence-corrected chi connectivity index (χ1v) is 8.36. The van der Waals surface area contributed by atoms with Crippen LogP contribution in [0.5, 0.6) is 0 Å². The van der Waals surface area contributed by atoms with Gasteiger partial charge in [0.1, 0.15) is 12.2 Å². The Balaban J connectivity index is 1.88. The maximum atomic E-state index is 12.1. The van der Waals surface area contributed by atoms with Gasteiger partial charge < -0.3 is 19.3 Å². The molecule has 2 aliphatic rings. The summed E-state index contributed by atoms with van der Waals surface area (Å²) < 4.78 is 10.9. The molecule has 1 spiro atoms. The smallest absolute Gasteiger partial charge is 0.410 e. The highest BCUT2D eigenvalue weighted by Gasteiger charge is 2.48. The summed E-state index contributed by atoms with van der Waals surface area (Å²) in [5, 5.41) is 0. The molecule has 6 nitrogen and oxygen atoms in total. The number of amides is 2. The van der Waals surface area contributed by atoms with E-state index in [1.807, 2.05) is 16.7 Å². The van der Waals surface area contributed by atoms with E-state index in [1.165, 1.54) is 0 Å². The van der Waals surface area contributed by atoms with Crippen LogP contribution in [0, 0.1) is 0 Å². The zero-order valence-electron chi connectivity index (χ0n) is 14.0. The number of hydrogen-bond donors (Lipinski definition) is 0. The van der Waals surface area contributed by atoms with E-state index in [0.29, 0.717) is 39.1 Å². The minimum absolute atomic E-state index is 0.0252. The first kappa shape index (κ1) is 17.1. The van der Waals surface area contributed by atoms with Crippen LogP contribution in [-0.2, 0) is 14.3 Å². The van der Waals surface area contributed by atoms with Crippen molar-refractivity contribution in [3.63, 3.8) is 0 Å². The predicted octanol–water partition coefficient (Wildman–Crippen LogP) is 2.02. The van der Waals surface area contributed by atoms with Crippen molar-refractivity contribution in [2.24, 2.45) is 0 Å². The molecule has 1 atom stereocenters. The van der Waals surface area contributed by atoms with Gasteiger partial charge in [0.15, 0.2) is 0 Å². The van der Waals surface area contributed by atoms with E-state index in [2.05, 4.69) is 13.8 Å². The van der Waals surface area contributed by atoms with Gasteiger partial charge in [-0.15, -0.1) is 0 Å². The van der Waals surface area contributed by atoms with Crippen molar-refractivity contribution in [1.82, 2.24) is 9.80 Å². The van der Waals surface area contributed by atoms with Gasteiger partial charge in [0.05, 0.1) is 6.54 Å². The molecule has 0 aliphatic carbocycles. The van der Waals surface area contributed by atoms with Crippen molar-refractivity contribution >= 4 is 12.0 Å². The van der Waals surface area contributed by atoms with Crippen LogP contribution in [0.15, 0.2) is 0 Å². The van der Waals surface area contributed by atoms with Crippen molar-refractivity contribution in [3.05, 3.63) is 0 Å². The molecule has 2 rings (SSSR count). The third-order valence-electron chi connectivity index (χ3n) is 4.69. The minimum Gasteiger partial charge on any atom is -0.441 e. The van der Waals surface area contributed by atoms with Crippen LogP contribution in [-0.4, -0.2) is 66.3 Å². The monoisotopic (exact) mass is 312 g/mol. The molecule has 0 N–H and O–H groups in total. The van der Waals surface area contributed by atoms with Crippen molar-refractivity contribution in [3.8, 4) is 0 Å². The van der Waals surface area contributed by atoms with Gasteiger partial charge in [0.2, 0.25) is 5.91 Å². The molecule has 2 amide bonds. The lowest BCUT2D eigenvalue weighted by atomic mass is 9.91. The zero-order chi connectivity index (χ0) is 16.2. The summed E-state index contributed by atoms with van der Waals surface area (Å²) in [6.07, 6.45) is 3.27. The lowest BCUT2D eigenvalue weighted by Crippen LogP contribution is -2.50. The Morgan fingerprint density at radius 1 is 1.36 bits per heavy atom. The van der Waals surface area contributed by atoms with Crippen LogP contribution in [0.2, 0.25) is 0 Å². The Kier molecular flexibility index (Phi) is 5.67. The van der Waals surface area contributed by atoms with Crippen molar-refractivity contribution < 1.29 is 19.1 Å². The Hall–Kier alpha value is -1.30. The fourth-order valence-corrected chi connectivity index (χ4v) is 3.26. The fraction of sp³-hybridized carbons (Fsp3) is 0.875. The molecule has 0 radical (unpaired) electrons. The van der Waals surface area contributed by atoms with E-state index in [-0.39, 0.29) is 24.6 Å². The molecule has 22 heavy (non-hydrogen) atoms. The second-order valence-electron chi connectivity index (χ2n) is 6.33. The van der Waals surface area contributed by atoms with Crippen LogP contribution in [0.3, 0.4) is 0 Å². The van der Waals surface area contributed by atoms with E-state index in [9.17, 15) is 9.59 Å². The van der Waals surface area contributed by atoms with E-state index in [1.54, 1.807) is 0 Å². The van der Waals surface area contributed by atoms with Crippen LogP contribution in [0.4, 0.5) is 4.79 Å². The molecule has 0 saturated carbocycles. The second kappa shape index (κ2) is 7.31. The Morgan fingerprint density at radius 2 is 2.05 bits per heavy atom. The van der Waals surface area contributed by atoms with Gasteiger partial charge in [-0.25, -0.2) is 4.79 Å². The quantitative estimate of drug-likeness (QED) is 0.753. The van der Waals surface area contributed by atoms with Gasteiger partial charge in [-0.05, 0) is 20.3 Å². The number of carbonyl (C=O) groups is 2. The van der Waals surface area contributed by atoms with Crippen LogP contribution >= 0.6 is 0 Å². The molecule has 0 aromatic carbocycles. The molecule has 0 unspecified atom stereocenters. The average Bonchev–Trinajstić information content (AvgIpc) is 2.82. The van der Waals surface area contributed by atoms with Crippen LogP contribution in [0.25, 0.3) is 0 Å². The Labute approximate surface area is 132 Å². The number of nitrogens with zero attached hydrogens (tertiary/aromatic N) is 2. The number of hydrogen-bond acceptors (Lipinski definition) is 4. The Morgan fingerprint density at radius 3 is 2.64 bits per heavy atom. The lowest BCUT2D eigenvalue weighted by molar-refractivity contribution is -0.139. The van der Waals surface area contributed by atoms with Crippen LogP contribution in [0.1, 0.15) is 46.5 Å². The summed E-state index contributed by atoms with van der Waals surface area (Å²) in [6, 6.07) is 0.217. The molecule has 2 saturated heterocycles. The highest BCUT2D eigenvalue weighted by molar-refractivity contribution is 5.77. The number of ether oxygens (including phenoxy) is 2. The van der Waals surface area contributed by atoms with Gasteiger partial charge in [-0.2, -0.15) is 0 Å². The van der Waals surface area contributed by atoms with Gasteiger partial charge in [0.25, 0.3) is 0 Å². The summed E-state index contributed by atoms with van der Waals surface area (Å²) in [5.74, 6) is 0.0252. The third kappa shape index (κ3) is 3.72. The molecule has 0 aromatic rings. The van der Waals surface area contributed by atoms with Gasteiger partial charge >= 0.3 is 6.09 Å². The standard InChI is InChI=1S/C16H28N2O4/c1-4-6-13(3)18-12-16(22-15(18)20)7-9-17(10-8-16)14(19)11-21-5-2/h13H,4-12H2,1-3H3/t13-/m1/s1. The summed E-state index contributed by atoms with van der Waals surface area (Å²) in [6.45, 7) is 8.68. The summed E-state index contributed by atoms with van der Waals surface area (Å²) >= 11 is 0. The SMILES string of the molecule is CCC[C@@H](C)N1CC2(CCN(C(=O)COCC)CC2)OC1=O. The third-order valence-corrected chi connectivity index (χ3v) is 4.69. The highest BCUT2D eigenvalue weighted by atomic mass is 16.6. The lowest BCUT2D eigenvalue weighted by Gasteiger charge is -2.37. The fourth-order valence-electron chi connectivity index (χ4n) is 3.26. The zero-order valence-corrected chi connectivity index (χ0v) is 14.0. The number of piperidine rings is 1. The molecule has 0 aromatic heterocycles. The van der Waals surface area contributed by atoms with Crippen molar-refractivity contribution in [1.29, 1.82) is 0 Å². The molecular formula is C16H28N2O4. The molecule has 0 bridgehead atoms. The summed E-state index contributed by atoms with van der Waals surface area (Å²) in [5.41, 5.74) is -0.401. The molecule has 126 valence electrons. The van der Waals surface area contributed by atoms with Gasteiger partial charge in [0, 0.05) is 38.6 Å². The first-order chi connectivity index (χ1) is 10.5. The van der Waals surface area contributed by atoms with E-state index < -0.39 is 5.60 Å². The van der Waals surface area contributed by atoms with Crippen molar-refractivity contribution in [2.45, 2.75) is 58.1 Å². The highest BCUT2D eigenvalue weighted by Crippen LogP contribution is 2.34. The summed E-state index contributed by atoms with van der Waals surface area (Å²) in [4.78, 5) is 27.7. The molecular weight excluding hydrogens is 284 g/mol. The number of likely N-dealkylation sites (tertiary alicyclic amines) is 1. The molecule has 2 fully saturated rings. The van der Waals surface area contributed by atoms with E-state index in [4.69, 9.17) is 9.47 Å². The van der Waals surface area contributed by atoms with Crippen LogP contribution < -0.4 is 0 Å². The molecule has 2 heterocycles. The molecule has 2 aliphatic heterocycles. The first-order valence-electron chi connectivity index (χ1n) is 8.36. The maximum absolute atomic E-state index is 12.1. The minimum atomic E-state index is -0.401. The predicted molar refractivity (Wildman–Crippen MR) is 82.6 cm³/mol. The van der Waals surface area contributed by atoms with Gasteiger partial charge in [-0.3, -0.25) is 4.79 Å². The van der Waals surface area contributed by atoms with Gasteiger partial charge in [-0.1, -0.05) is 13.3 Å². The second-order valence-corrected chi connectivity index (χ2v) is 6.33. The molecule has 6 heteroatoms. The van der Waals surface area contributed by atoms with E-state index in [0.717, 1.165) is 12.8 Å². The van der Waals surface area contributed by atoms with Crippen molar-refractivity contribution in [2.75, 3.05) is 32.8 Å². The number of carbonyl (C=O) groups excluding carboxylic acids is 2. The normalized spacial score (nSPS) is 22.0. The Bertz CT molecular complexity index is 405. The largest absolute Gasteiger partial charge is 0.441 e. The average molecular weight is 312 g/mol. The summed E-state index contributed by atoms with van der Waals surface area (Å²) in [7, 11) is 0. The van der Waals surface area contributed by atoms with E-state index >= 15 is 0 Å². The number of rotatable bonds is 6. The topological polar surface area (TPSA) is 59.1 Å². The maximum Gasteiger partial charge on any atom is 0.410 e.